The number of rotatable bonds is 12. The maximum Gasteiger partial charge on any atom is 0.264 e. The van der Waals surface area contributed by atoms with E-state index in [1.54, 1.807) is 50.2 Å². The molecule has 0 radical (unpaired) electrons. The maximum absolute atomic E-state index is 13.8. The second-order valence-corrected chi connectivity index (χ2v) is 11.4. The normalized spacial score (nSPS) is 11.9. The van der Waals surface area contributed by atoms with Crippen LogP contribution in [-0.2, 0) is 26.2 Å². The van der Waals surface area contributed by atoms with Crippen LogP contribution in [0.3, 0.4) is 0 Å². The Balaban J connectivity index is 2.02. The lowest BCUT2D eigenvalue weighted by molar-refractivity contribution is -0.139. The van der Waals surface area contributed by atoms with Crippen LogP contribution in [0, 0.1) is 5.82 Å². The van der Waals surface area contributed by atoms with Crippen LogP contribution in [-0.4, -0.2) is 50.9 Å². The quantitative estimate of drug-likeness (QED) is 0.316. The highest BCUT2D eigenvalue weighted by molar-refractivity contribution is 9.10. The molecule has 1 N–H and O–H groups in total. The SMILES string of the molecule is CCNC(=O)C(C)N(Cc1ccc(F)cc1)C(=O)CN(c1ccc(OCC)cc1)S(=O)(=O)c1ccc(Br)cc1. The van der Waals surface area contributed by atoms with Crippen molar-refractivity contribution in [3.8, 4) is 5.75 Å². The van der Waals surface area contributed by atoms with Crippen LogP contribution in [0.2, 0.25) is 0 Å². The third kappa shape index (κ3) is 7.79. The number of sulfonamides is 1. The molecule has 39 heavy (non-hydrogen) atoms. The molecule has 208 valence electrons. The Morgan fingerprint density at radius 3 is 2.15 bits per heavy atom. The molecule has 3 rings (SSSR count). The molecule has 0 aliphatic heterocycles. The zero-order valence-electron chi connectivity index (χ0n) is 21.9. The largest absolute Gasteiger partial charge is 0.494 e. The van der Waals surface area contributed by atoms with Gasteiger partial charge in [0.1, 0.15) is 24.2 Å². The second kappa shape index (κ2) is 13.6. The van der Waals surface area contributed by atoms with E-state index in [9.17, 15) is 22.4 Å². The molecule has 0 aromatic heterocycles. The molecule has 0 fully saturated rings. The Bertz CT molecular complexity index is 1370. The summed E-state index contributed by atoms with van der Waals surface area (Å²) in [6.45, 7) is 5.37. The number of ether oxygens (including phenoxy) is 1. The molecule has 11 heteroatoms. The first-order valence-electron chi connectivity index (χ1n) is 12.4. The number of carbonyl (C=O) groups excluding carboxylic acids is 2. The molecule has 0 bridgehead atoms. The van der Waals surface area contributed by atoms with Gasteiger partial charge >= 0.3 is 0 Å². The van der Waals surface area contributed by atoms with Crippen LogP contribution < -0.4 is 14.4 Å². The lowest BCUT2D eigenvalue weighted by atomic mass is 10.1. The van der Waals surface area contributed by atoms with E-state index in [0.29, 0.717) is 28.9 Å². The van der Waals surface area contributed by atoms with E-state index in [4.69, 9.17) is 4.74 Å². The van der Waals surface area contributed by atoms with Crippen molar-refractivity contribution in [2.45, 2.75) is 38.3 Å². The van der Waals surface area contributed by atoms with E-state index >= 15 is 0 Å². The summed E-state index contributed by atoms with van der Waals surface area (Å²) in [5.74, 6) is -0.879. The molecular weight excluding hydrogens is 589 g/mol. The highest BCUT2D eigenvalue weighted by Gasteiger charge is 2.32. The third-order valence-electron chi connectivity index (χ3n) is 5.90. The minimum absolute atomic E-state index is 0.00533. The van der Waals surface area contributed by atoms with E-state index in [1.807, 2.05) is 6.92 Å². The van der Waals surface area contributed by atoms with E-state index in [1.165, 1.54) is 41.3 Å². The van der Waals surface area contributed by atoms with E-state index in [-0.39, 0.29) is 17.1 Å². The summed E-state index contributed by atoms with van der Waals surface area (Å²) in [4.78, 5) is 27.8. The Hall–Kier alpha value is -3.44. The number of halogens is 2. The zero-order valence-corrected chi connectivity index (χ0v) is 24.3. The molecule has 0 aliphatic rings. The van der Waals surface area contributed by atoms with Gasteiger partial charge in [0.05, 0.1) is 17.2 Å². The van der Waals surface area contributed by atoms with Gasteiger partial charge in [-0.15, -0.1) is 0 Å². The molecule has 0 heterocycles. The maximum atomic E-state index is 13.8. The number of nitrogens with one attached hydrogen (secondary N) is 1. The van der Waals surface area contributed by atoms with Gasteiger partial charge in [0.2, 0.25) is 11.8 Å². The Morgan fingerprint density at radius 1 is 0.974 bits per heavy atom. The van der Waals surface area contributed by atoms with Crippen LogP contribution in [0.4, 0.5) is 10.1 Å². The van der Waals surface area contributed by atoms with Crippen LogP contribution >= 0.6 is 15.9 Å². The first-order valence-corrected chi connectivity index (χ1v) is 14.6. The van der Waals surface area contributed by atoms with Gasteiger partial charge in [0.25, 0.3) is 10.0 Å². The average Bonchev–Trinajstić information content (AvgIpc) is 2.92. The number of hydrogen-bond donors (Lipinski definition) is 1. The third-order valence-corrected chi connectivity index (χ3v) is 8.22. The number of likely N-dealkylation sites (N-methyl/N-ethyl adjacent to an activating group) is 1. The van der Waals surface area contributed by atoms with Crippen molar-refractivity contribution in [2.75, 3.05) is 24.0 Å². The highest BCUT2D eigenvalue weighted by atomic mass is 79.9. The smallest absolute Gasteiger partial charge is 0.264 e. The first kappa shape index (κ1) is 30.1. The van der Waals surface area contributed by atoms with E-state index in [2.05, 4.69) is 21.2 Å². The predicted molar refractivity (Wildman–Crippen MR) is 151 cm³/mol. The number of carbonyl (C=O) groups is 2. The molecule has 3 aromatic carbocycles. The lowest BCUT2D eigenvalue weighted by Gasteiger charge is -2.32. The fraction of sp³-hybridized carbons (Fsp3) is 0.286. The predicted octanol–water partition coefficient (Wildman–Crippen LogP) is 4.74. The fourth-order valence-electron chi connectivity index (χ4n) is 3.83. The van der Waals surface area contributed by atoms with Gasteiger partial charge in [0, 0.05) is 17.6 Å². The summed E-state index contributed by atoms with van der Waals surface area (Å²) in [5.41, 5.74) is 0.839. The van der Waals surface area contributed by atoms with Gasteiger partial charge in [-0.05, 0) is 87.0 Å². The zero-order chi connectivity index (χ0) is 28.6. The molecule has 0 saturated carbocycles. The Morgan fingerprint density at radius 2 is 1.59 bits per heavy atom. The van der Waals surface area contributed by atoms with Crippen molar-refractivity contribution in [2.24, 2.45) is 0 Å². The molecule has 1 atom stereocenters. The van der Waals surface area contributed by atoms with Crippen molar-refractivity contribution in [3.05, 3.63) is 88.6 Å². The Labute approximate surface area is 236 Å². The van der Waals surface area contributed by atoms with Gasteiger partial charge in [0.15, 0.2) is 0 Å². The fourth-order valence-corrected chi connectivity index (χ4v) is 5.51. The van der Waals surface area contributed by atoms with Crippen LogP contribution in [0.1, 0.15) is 26.3 Å². The number of benzene rings is 3. The monoisotopic (exact) mass is 619 g/mol. The van der Waals surface area contributed by atoms with Gasteiger partial charge in [-0.25, -0.2) is 12.8 Å². The minimum Gasteiger partial charge on any atom is -0.494 e. The molecule has 1 unspecified atom stereocenters. The minimum atomic E-state index is -4.19. The number of amides is 2. The van der Waals surface area contributed by atoms with Crippen LogP contribution in [0.25, 0.3) is 0 Å². The molecule has 2 amide bonds. The summed E-state index contributed by atoms with van der Waals surface area (Å²) < 4.78 is 48.3. The van der Waals surface area contributed by atoms with Crippen LogP contribution in [0.15, 0.2) is 82.2 Å². The van der Waals surface area contributed by atoms with Crippen molar-refractivity contribution in [3.63, 3.8) is 0 Å². The molecule has 8 nitrogen and oxygen atoms in total. The lowest BCUT2D eigenvalue weighted by Crippen LogP contribution is -2.51. The number of hydrogen-bond acceptors (Lipinski definition) is 5. The Kier molecular flexibility index (Phi) is 10.5. The topological polar surface area (TPSA) is 96.0 Å². The summed E-state index contributed by atoms with van der Waals surface area (Å²) in [7, 11) is -4.19. The van der Waals surface area contributed by atoms with Crippen molar-refractivity contribution >= 4 is 43.5 Å². The number of nitrogens with zero attached hydrogens (tertiary/aromatic N) is 2. The van der Waals surface area contributed by atoms with E-state index in [0.717, 1.165) is 4.31 Å². The van der Waals surface area contributed by atoms with Crippen molar-refractivity contribution < 1.29 is 27.1 Å². The molecule has 3 aromatic rings. The van der Waals surface area contributed by atoms with E-state index < -0.39 is 40.2 Å². The molecular formula is C28H31BrFN3O5S. The number of anilines is 1. The summed E-state index contributed by atoms with van der Waals surface area (Å²) in [6.07, 6.45) is 0. The second-order valence-electron chi connectivity index (χ2n) is 8.61. The van der Waals surface area contributed by atoms with Gasteiger partial charge < -0.3 is 15.0 Å². The van der Waals surface area contributed by atoms with Crippen molar-refractivity contribution in [1.82, 2.24) is 10.2 Å². The molecule has 0 saturated heterocycles. The van der Waals surface area contributed by atoms with Crippen molar-refractivity contribution in [1.29, 1.82) is 0 Å². The molecule has 0 aliphatic carbocycles. The molecule has 0 spiro atoms. The van der Waals surface area contributed by atoms with Gasteiger partial charge in [-0.1, -0.05) is 28.1 Å². The average molecular weight is 621 g/mol. The standard InChI is InChI=1S/C28H31BrFN3O5S/c1-4-31-28(35)20(3)32(18-21-6-10-23(30)11-7-21)27(34)19-33(24-12-14-25(15-13-24)38-5-2)39(36,37)26-16-8-22(29)9-17-26/h6-17,20H,4-5,18-19H2,1-3H3,(H,31,35). The first-order chi connectivity index (χ1) is 18.6. The highest BCUT2D eigenvalue weighted by Crippen LogP contribution is 2.27. The summed E-state index contributed by atoms with van der Waals surface area (Å²) >= 11 is 3.31. The van der Waals surface area contributed by atoms with Gasteiger partial charge in [-0.2, -0.15) is 0 Å². The van der Waals surface area contributed by atoms with Gasteiger partial charge in [-0.3, -0.25) is 13.9 Å². The summed E-state index contributed by atoms with van der Waals surface area (Å²) in [6, 6.07) is 17.1. The van der Waals surface area contributed by atoms with Crippen LogP contribution in [0.5, 0.6) is 5.75 Å². The summed E-state index contributed by atoms with van der Waals surface area (Å²) in [5, 5.41) is 2.70.